The molecule has 0 aliphatic carbocycles. The molecule has 2 aromatic carbocycles. The van der Waals surface area contributed by atoms with E-state index < -0.39 is 6.04 Å². The molecule has 9 heteroatoms. The molecule has 3 aromatic rings. The van der Waals surface area contributed by atoms with Crippen LogP contribution in [0.2, 0.25) is 14.4 Å². The molecule has 2 atom stereocenters. The van der Waals surface area contributed by atoms with Crippen molar-refractivity contribution in [2.75, 3.05) is 0 Å². The zero-order chi connectivity index (χ0) is 21.3. The number of hydrazone groups is 1. The monoisotopic (exact) mass is 541 g/mol. The molecule has 0 saturated carbocycles. The van der Waals surface area contributed by atoms with E-state index in [2.05, 4.69) is 31.8 Å². The highest BCUT2D eigenvalue weighted by molar-refractivity contribution is 9.10. The van der Waals surface area contributed by atoms with Gasteiger partial charge >= 0.3 is 0 Å². The molecule has 154 valence electrons. The van der Waals surface area contributed by atoms with Crippen LogP contribution in [0.25, 0.3) is 0 Å². The van der Waals surface area contributed by atoms with Gasteiger partial charge in [0.1, 0.15) is 0 Å². The molecule has 4 rings (SSSR count). The number of amides is 1. The number of hydrogen-bond acceptors (Lipinski definition) is 4. The van der Waals surface area contributed by atoms with Gasteiger partial charge in [-0.2, -0.15) is 5.10 Å². The summed E-state index contributed by atoms with van der Waals surface area (Å²) in [4.78, 5) is 13.4. The van der Waals surface area contributed by atoms with E-state index in [1.54, 1.807) is 24.3 Å². The molecule has 0 saturated heterocycles. The molecule has 1 aromatic heterocycles. The molecule has 0 spiro atoms. The fraction of sp³-hybridized carbons (Fsp3) is 0.143. The molecule has 4 nitrogen and oxygen atoms in total. The van der Waals surface area contributed by atoms with Gasteiger partial charge in [-0.3, -0.25) is 4.79 Å². The van der Waals surface area contributed by atoms with Crippen LogP contribution in [0.3, 0.4) is 0 Å². The summed E-state index contributed by atoms with van der Waals surface area (Å²) in [6.45, 7) is 0. The van der Waals surface area contributed by atoms with E-state index in [0.29, 0.717) is 25.7 Å². The minimum absolute atomic E-state index is 0.00904. The lowest BCUT2D eigenvalue weighted by molar-refractivity contribution is 0.0950. The number of carbonyl (C=O) groups is 1. The topological polar surface area (TPSA) is 53.5 Å². The maximum Gasteiger partial charge on any atom is 0.262 e. The van der Waals surface area contributed by atoms with Gasteiger partial charge in [-0.1, -0.05) is 68.9 Å². The number of nitrogens with zero attached hydrogens (tertiary/aromatic N) is 1. The second-order valence-electron chi connectivity index (χ2n) is 6.72. The van der Waals surface area contributed by atoms with Crippen molar-refractivity contribution >= 4 is 73.7 Å². The summed E-state index contributed by atoms with van der Waals surface area (Å²) in [5.41, 5.74) is 5.79. The van der Waals surface area contributed by atoms with Crippen molar-refractivity contribution in [3.63, 3.8) is 0 Å². The van der Waals surface area contributed by atoms with Crippen molar-refractivity contribution in [3.8, 4) is 0 Å². The predicted octanol–water partition coefficient (Wildman–Crippen LogP) is 7.03. The average Bonchev–Trinajstić information content (AvgIpc) is 3.36. The van der Waals surface area contributed by atoms with E-state index in [1.807, 2.05) is 30.3 Å². The number of hydrogen-bond donors (Lipinski definition) is 2. The van der Waals surface area contributed by atoms with E-state index in [4.69, 9.17) is 34.8 Å². The molecule has 2 N–H and O–H groups in total. The number of halogens is 4. The van der Waals surface area contributed by atoms with E-state index in [1.165, 1.54) is 11.3 Å². The van der Waals surface area contributed by atoms with Gasteiger partial charge in [0.25, 0.3) is 5.91 Å². The summed E-state index contributed by atoms with van der Waals surface area (Å²) in [5.74, 6) is -0.238. The van der Waals surface area contributed by atoms with Crippen molar-refractivity contribution in [2.24, 2.45) is 5.10 Å². The van der Waals surface area contributed by atoms with Crippen LogP contribution in [-0.2, 0) is 0 Å². The minimum Gasteiger partial charge on any atom is -0.339 e. The lowest BCUT2D eigenvalue weighted by atomic mass is 9.95. The molecule has 30 heavy (non-hydrogen) atoms. The van der Waals surface area contributed by atoms with E-state index in [0.717, 1.165) is 21.3 Å². The molecule has 0 fully saturated rings. The standard InChI is InChI=1S/C21H15BrCl3N3OS/c22-12-3-1-11(2-4-12)16-10-17(28-27-16)20(14-6-5-13(23)9-15(14)24)26-21(29)18-7-8-19(25)30-18/h1-9,16,20,27H,10H2,(H,26,29). The Kier molecular flexibility index (Phi) is 6.70. The molecular weight excluding hydrogens is 529 g/mol. The quantitative estimate of drug-likeness (QED) is 0.363. The Balaban J connectivity index is 1.61. The van der Waals surface area contributed by atoms with Crippen LogP contribution in [0.1, 0.15) is 39.3 Å². The summed E-state index contributed by atoms with van der Waals surface area (Å²) in [7, 11) is 0. The first-order valence-electron chi connectivity index (χ1n) is 8.99. The zero-order valence-electron chi connectivity index (χ0n) is 15.3. The second-order valence-corrected chi connectivity index (χ2v) is 10.2. The lowest BCUT2D eigenvalue weighted by Crippen LogP contribution is -2.33. The molecule has 1 aliphatic rings. The van der Waals surface area contributed by atoms with Crippen LogP contribution in [-0.4, -0.2) is 11.6 Å². The van der Waals surface area contributed by atoms with E-state index in [9.17, 15) is 4.79 Å². The molecule has 1 aliphatic heterocycles. The first-order valence-corrected chi connectivity index (χ1v) is 11.7. The molecule has 2 unspecified atom stereocenters. The first-order chi connectivity index (χ1) is 14.4. The molecule has 1 amide bonds. The Hall–Kier alpha value is -1.57. The van der Waals surface area contributed by atoms with Crippen molar-refractivity contribution in [3.05, 3.63) is 89.5 Å². The van der Waals surface area contributed by atoms with Gasteiger partial charge in [0.05, 0.1) is 27.0 Å². The maximum atomic E-state index is 12.9. The van der Waals surface area contributed by atoms with Gasteiger partial charge in [-0.25, -0.2) is 0 Å². The van der Waals surface area contributed by atoms with Crippen molar-refractivity contribution < 1.29 is 4.79 Å². The Labute approximate surface area is 201 Å². The maximum absolute atomic E-state index is 12.9. The molecular formula is C21H15BrCl3N3OS. The van der Waals surface area contributed by atoms with Crippen LogP contribution in [0, 0.1) is 0 Å². The normalized spacial score (nSPS) is 16.7. The minimum atomic E-state index is -0.504. The largest absolute Gasteiger partial charge is 0.339 e. The molecule has 2 heterocycles. The predicted molar refractivity (Wildman–Crippen MR) is 128 cm³/mol. The van der Waals surface area contributed by atoms with Crippen molar-refractivity contribution in [1.29, 1.82) is 0 Å². The zero-order valence-corrected chi connectivity index (χ0v) is 20.0. The SMILES string of the molecule is O=C(NC(C1=NNC(c2ccc(Br)cc2)C1)c1ccc(Cl)cc1Cl)c1ccc(Cl)s1. The number of benzene rings is 2. The number of rotatable bonds is 5. The molecule has 0 radical (unpaired) electrons. The number of thiophene rings is 1. The Morgan fingerprint density at radius 3 is 2.57 bits per heavy atom. The number of carbonyl (C=O) groups excluding carboxylic acids is 1. The van der Waals surface area contributed by atoms with Gasteiger partial charge in [0, 0.05) is 20.9 Å². The fourth-order valence-corrected chi connectivity index (χ4v) is 4.97. The highest BCUT2D eigenvalue weighted by Gasteiger charge is 2.30. The fourth-order valence-electron chi connectivity index (χ4n) is 3.25. The Morgan fingerprint density at radius 2 is 1.90 bits per heavy atom. The van der Waals surface area contributed by atoms with E-state index >= 15 is 0 Å². The van der Waals surface area contributed by atoms with Crippen LogP contribution in [0.15, 0.2) is 64.2 Å². The summed E-state index contributed by atoms with van der Waals surface area (Å²) >= 11 is 23.2. The van der Waals surface area contributed by atoms with Gasteiger partial charge in [0.2, 0.25) is 0 Å². The van der Waals surface area contributed by atoms with Gasteiger partial charge in [-0.15, -0.1) is 11.3 Å². The third-order valence-corrected chi connectivity index (χ3v) is 7.05. The van der Waals surface area contributed by atoms with Gasteiger partial charge in [0.15, 0.2) is 0 Å². The number of nitrogens with one attached hydrogen (secondary N) is 2. The van der Waals surface area contributed by atoms with Crippen LogP contribution < -0.4 is 10.7 Å². The summed E-state index contributed by atoms with van der Waals surface area (Å²) in [6, 6.07) is 16.2. The summed E-state index contributed by atoms with van der Waals surface area (Å²) < 4.78 is 1.56. The smallest absolute Gasteiger partial charge is 0.262 e. The van der Waals surface area contributed by atoms with Gasteiger partial charge < -0.3 is 10.7 Å². The first kappa shape index (κ1) is 21.7. The second kappa shape index (κ2) is 9.28. The third-order valence-electron chi connectivity index (χ3n) is 4.73. The average molecular weight is 544 g/mol. The highest BCUT2D eigenvalue weighted by Crippen LogP contribution is 2.33. The van der Waals surface area contributed by atoms with Crippen molar-refractivity contribution in [2.45, 2.75) is 18.5 Å². The molecule has 0 bridgehead atoms. The lowest BCUT2D eigenvalue weighted by Gasteiger charge is -2.20. The Morgan fingerprint density at radius 1 is 1.13 bits per heavy atom. The van der Waals surface area contributed by atoms with Crippen LogP contribution in [0.4, 0.5) is 0 Å². The van der Waals surface area contributed by atoms with Crippen molar-refractivity contribution in [1.82, 2.24) is 10.7 Å². The van der Waals surface area contributed by atoms with E-state index in [-0.39, 0.29) is 11.9 Å². The Bertz CT molecular complexity index is 1120. The van der Waals surface area contributed by atoms with Crippen LogP contribution >= 0.6 is 62.1 Å². The summed E-state index contributed by atoms with van der Waals surface area (Å²) in [5, 5.41) is 8.58. The summed E-state index contributed by atoms with van der Waals surface area (Å²) in [6.07, 6.45) is 0.622. The third kappa shape index (κ3) is 4.84. The van der Waals surface area contributed by atoms with Crippen LogP contribution in [0.5, 0.6) is 0 Å². The van der Waals surface area contributed by atoms with Gasteiger partial charge in [-0.05, 0) is 47.5 Å². The highest BCUT2D eigenvalue weighted by atomic mass is 79.9.